The Morgan fingerprint density at radius 2 is 2.28 bits per heavy atom. The van der Waals surface area contributed by atoms with Gasteiger partial charge in [-0.1, -0.05) is 18.2 Å². The van der Waals surface area contributed by atoms with Crippen LogP contribution in [0.4, 0.5) is 5.69 Å². The second-order valence-corrected chi connectivity index (χ2v) is 4.29. The fourth-order valence-corrected chi connectivity index (χ4v) is 2.35. The number of fused-ring (bicyclic) bond motifs is 1. The monoisotopic (exact) mass is 244 g/mol. The SMILES string of the molecule is Cc1oc(C(=O)O)nc1C1CNc2ccccc21. The number of carboxylic acids is 1. The van der Waals surface area contributed by atoms with E-state index in [1.54, 1.807) is 6.92 Å². The van der Waals surface area contributed by atoms with Crippen molar-refractivity contribution in [2.75, 3.05) is 11.9 Å². The number of hydrogen-bond acceptors (Lipinski definition) is 4. The van der Waals surface area contributed by atoms with Crippen LogP contribution in [0.25, 0.3) is 0 Å². The van der Waals surface area contributed by atoms with Crippen LogP contribution in [0.5, 0.6) is 0 Å². The molecule has 5 heteroatoms. The van der Waals surface area contributed by atoms with E-state index >= 15 is 0 Å². The highest BCUT2D eigenvalue weighted by Crippen LogP contribution is 2.36. The van der Waals surface area contributed by atoms with Gasteiger partial charge in [-0.15, -0.1) is 0 Å². The number of nitrogens with one attached hydrogen (secondary N) is 1. The van der Waals surface area contributed by atoms with Crippen LogP contribution in [0.15, 0.2) is 28.7 Å². The molecule has 0 fully saturated rings. The topological polar surface area (TPSA) is 75.4 Å². The lowest BCUT2D eigenvalue weighted by atomic mass is 9.97. The lowest BCUT2D eigenvalue weighted by Gasteiger charge is -2.06. The van der Waals surface area contributed by atoms with Crippen LogP contribution in [-0.4, -0.2) is 22.6 Å². The summed E-state index contributed by atoms with van der Waals surface area (Å²) in [6, 6.07) is 7.95. The maximum atomic E-state index is 10.9. The number of carbonyl (C=O) groups is 1. The van der Waals surface area contributed by atoms with Crippen LogP contribution in [0.3, 0.4) is 0 Å². The Hall–Kier alpha value is -2.30. The average Bonchev–Trinajstić information content (AvgIpc) is 2.92. The van der Waals surface area contributed by atoms with Crippen molar-refractivity contribution in [2.24, 2.45) is 0 Å². The summed E-state index contributed by atoms with van der Waals surface area (Å²) in [5, 5.41) is 12.2. The number of nitrogens with zero attached hydrogens (tertiary/aromatic N) is 1. The number of anilines is 1. The van der Waals surface area contributed by atoms with Crippen LogP contribution in [0, 0.1) is 6.92 Å². The summed E-state index contributed by atoms with van der Waals surface area (Å²) in [6.45, 7) is 2.46. The molecule has 0 spiro atoms. The second kappa shape index (κ2) is 3.87. The van der Waals surface area contributed by atoms with Crippen LogP contribution < -0.4 is 5.32 Å². The molecule has 2 aromatic rings. The summed E-state index contributed by atoms with van der Waals surface area (Å²) in [5.74, 6) is -0.760. The van der Waals surface area contributed by atoms with Crippen molar-refractivity contribution in [1.82, 2.24) is 4.98 Å². The summed E-state index contributed by atoms with van der Waals surface area (Å²) in [7, 11) is 0. The summed E-state index contributed by atoms with van der Waals surface area (Å²) in [5.41, 5.74) is 2.90. The van der Waals surface area contributed by atoms with Crippen molar-refractivity contribution in [3.05, 3.63) is 47.2 Å². The first-order chi connectivity index (χ1) is 8.66. The smallest absolute Gasteiger partial charge is 0.392 e. The minimum Gasteiger partial charge on any atom is -0.474 e. The Labute approximate surface area is 103 Å². The highest BCUT2D eigenvalue weighted by Gasteiger charge is 2.29. The first kappa shape index (κ1) is 10.8. The van der Waals surface area contributed by atoms with Crippen molar-refractivity contribution in [3.8, 4) is 0 Å². The zero-order chi connectivity index (χ0) is 12.7. The van der Waals surface area contributed by atoms with Gasteiger partial charge in [0, 0.05) is 18.2 Å². The number of aryl methyl sites for hydroxylation is 1. The predicted octanol–water partition coefficient (Wildman–Crippen LogP) is 2.24. The molecule has 18 heavy (non-hydrogen) atoms. The third-order valence-corrected chi connectivity index (χ3v) is 3.18. The van der Waals surface area contributed by atoms with Gasteiger partial charge in [0.15, 0.2) is 0 Å². The van der Waals surface area contributed by atoms with Gasteiger partial charge in [-0.25, -0.2) is 9.78 Å². The van der Waals surface area contributed by atoms with E-state index in [0.29, 0.717) is 18.0 Å². The molecular formula is C13H12N2O3. The second-order valence-electron chi connectivity index (χ2n) is 4.29. The Kier molecular flexibility index (Phi) is 2.33. The van der Waals surface area contributed by atoms with Crippen LogP contribution >= 0.6 is 0 Å². The number of aromatic nitrogens is 1. The molecular weight excluding hydrogens is 232 g/mol. The lowest BCUT2D eigenvalue weighted by molar-refractivity contribution is 0.0652. The van der Waals surface area contributed by atoms with Crippen molar-refractivity contribution < 1.29 is 14.3 Å². The summed E-state index contributed by atoms with van der Waals surface area (Å²) in [4.78, 5) is 14.9. The molecule has 0 radical (unpaired) electrons. The fraction of sp³-hybridized carbons (Fsp3) is 0.231. The van der Waals surface area contributed by atoms with E-state index in [1.165, 1.54) is 0 Å². The normalized spacial score (nSPS) is 17.3. The molecule has 5 nitrogen and oxygen atoms in total. The Morgan fingerprint density at radius 1 is 1.50 bits per heavy atom. The minimum atomic E-state index is -1.14. The van der Waals surface area contributed by atoms with E-state index in [2.05, 4.69) is 10.3 Å². The van der Waals surface area contributed by atoms with E-state index < -0.39 is 5.97 Å². The maximum Gasteiger partial charge on any atom is 0.392 e. The first-order valence-electron chi connectivity index (χ1n) is 5.70. The van der Waals surface area contributed by atoms with Gasteiger partial charge < -0.3 is 14.8 Å². The van der Waals surface area contributed by atoms with Crippen molar-refractivity contribution in [1.29, 1.82) is 0 Å². The molecule has 1 aromatic heterocycles. The van der Waals surface area contributed by atoms with Gasteiger partial charge >= 0.3 is 11.9 Å². The van der Waals surface area contributed by atoms with E-state index in [9.17, 15) is 4.79 Å². The molecule has 0 amide bonds. The van der Waals surface area contributed by atoms with Gasteiger partial charge in [0.05, 0.1) is 5.69 Å². The highest BCUT2D eigenvalue weighted by atomic mass is 16.4. The molecule has 2 N–H and O–H groups in total. The van der Waals surface area contributed by atoms with Crippen LogP contribution in [0.1, 0.15) is 33.6 Å². The molecule has 0 saturated heterocycles. The van der Waals surface area contributed by atoms with Gasteiger partial charge in [0.1, 0.15) is 5.76 Å². The largest absolute Gasteiger partial charge is 0.474 e. The van der Waals surface area contributed by atoms with Gasteiger partial charge in [0.2, 0.25) is 0 Å². The average molecular weight is 244 g/mol. The molecule has 0 aliphatic carbocycles. The standard InChI is InChI=1S/C13H12N2O3/c1-7-11(15-12(18-7)13(16)17)9-6-14-10-5-3-2-4-8(9)10/h2-5,9,14H,6H2,1H3,(H,16,17). The minimum absolute atomic E-state index is 0.0537. The maximum absolute atomic E-state index is 10.9. The van der Waals surface area contributed by atoms with E-state index in [-0.39, 0.29) is 11.8 Å². The summed E-state index contributed by atoms with van der Waals surface area (Å²) < 4.78 is 5.17. The number of para-hydroxylation sites is 1. The van der Waals surface area contributed by atoms with Gasteiger partial charge in [0.25, 0.3) is 0 Å². The molecule has 92 valence electrons. The van der Waals surface area contributed by atoms with Crippen LogP contribution in [-0.2, 0) is 0 Å². The van der Waals surface area contributed by atoms with Gasteiger partial charge in [-0.2, -0.15) is 0 Å². The van der Waals surface area contributed by atoms with E-state index in [1.807, 2.05) is 24.3 Å². The molecule has 3 rings (SSSR count). The molecule has 1 unspecified atom stereocenters. The third-order valence-electron chi connectivity index (χ3n) is 3.18. The Bertz CT molecular complexity index is 618. The molecule has 1 atom stereocenters. The molecule has 0 bridgehead atoms. The number of aromatic carboxylic acids is 1. The van der Waals surface area contributed by atoms with Gasteiger partial charge in [-0.05, 0) is 18.6 Å². The zero-order valence-electron chi connectivity index (χ0n) is 9.80. The molecule has 2 heterocycles. The number of rotatable bonds is 2. The molecule has 1 aliphatic heterocycles. The summed E-state index contributed by atoms with van der Waals surface area (Å²) >= 11 is 0. The van der Waals surface area contributed by atoms with Crippen molar-refractivity contribution in [2.45, 2.75) is 12.8 Å². The predicted molar refractivity (Wildman–Crippen MR) is 65.0 cm³/mol. The highest BCUT2D eigenvalue weighted by molar-refractivity contribution is 5.82. The van der Waals surface area contributed by atoms with Crippen molar-refractivity contribution in [3.63, 3.8) is 0 Å². The van der Waals surface area contributed by atoms with Crippen LogP contribution in [0.2, 0.25) is 0 Å². The number of oxazole rings is 1. The molecule has 1 aromatic carbocycles. The number of hydrogen-bond donors (Lipinski definition) is 2. The quantitative estimate of drug-likeness (QED) is 0.847. The third kappa shape index (κ3) is 1.55. The Morgan fingerprint density at radius 3 is 3.00 bits per heavy atom. The van der Waals surface area contributed by atoms with E-state index in [4.69, 9.17) is 9.52 Å². The zero-order valence-corrected chi connectivity index (χ0v) is 9.80. The fourth-order valence-electron chi connectivity index (χ4n) is 2.35. The summed E-state index contributed by atoms with van der Waals surface area (Å²) in [6.07, 6.45) is 0. The van der Waals surface area contributed by atoms with Gasteiger partial charge in [-0.3, -0.25) is 0 Å². The molecule has 0 saturated carbocycles. The Balaban J connectivity index is 2.05. The molecule has 1 aliphatic rings. The first-order valence-corrected chi connectivity index (χ1v) is 5.70. The van der Waals surface area contributed by atoms with E-state index in [0.717, 1.165) is 11.3 Å². The number of benzene rings is 1. The lowest BCUT2D eigenvalue weighted by Crippen LogP contribution is -2.06. The van der Waals surface area contributed by atoms with Crippen molar-refractivity contribution >= 4 is 11.7 Å². The number of carboxylic acid groups (broad SMARTS) is 1.